The van der Waals surface area contributed by atoms with Crippen LogP contribution in [0.15, 0.2) is 102 Å². The first-order chi connectivity index (χ1) is 11.9. The zero-order valence-electron chi connectivity index (χ0n) is 13.2. The summed E-state index contributed by atoms with van der Waals surface area (Å²) in [6.07, 6.45) is 0. The van der Waals surface area contributed by atoms with Crippen LogP contribution in [0.4, 0.5) is 0 Å². The molecule has 1 nitrogen and oxygen atoms in total. The van der Waals surface area contributed by atoms with Crippen molar-refractivity contribution in [2.75, 3.05) is 0 Å². The largest absolute Gasteiger partial charge is 0.241 e. The van der Waals surface area contributed by atoms with Gasteiger partial charge in [-0.25, -0.2) is 4.98 Å². The van der Waals surface area contributed by atoms with Crippen molar-refractivity contribution in [1.82, 2.24) is 4.98 Å². The minimum absolute atomic E-state index is 0.237. The quantitative estimate of drug-likeness (QED) is 0.419. The monoisotopic (exact) mass is 327 g/mol. The van der Waals surface area contributed by atoms with Crippen LogP contribution in [-0.4, -0.2) is 4.98 Å². The summed E-state index contributed by atoms with van der Waals surface area (Å²) >= 11 is 1.80. The van der Waals surface area contributed by atoms with E-state index in [1.807, 2.05) is 12.1 Å². The van der Waals surface area contributed by atoms with Crippen LogP contribution in [0.2, 0.25) is 0 Å². The van der Waals surface area contributed by atoms with Crippen LogP contribution >= 0.6 is 11.8 Å². The highest BCUT2D eigenvalue weighted by atomic mass is 32.2. The molecule has 0 aliphatic heterocycles. The smallest absolute Gasteiger partial charge is 0.0976 e. The van der Waals surface area contributed by atoms with Crippen molar-refractivity contribution in [2.45, 2.75) is 10.3 Å². The van der Waals surface area contributed by atoms with E-state index in [1.165, 1.54) is 16.5 Å². The number of fused-ring (bicyclic) bond motifs is 1. The Morgan fingerprint density at radius 1 is 0.583 bits per heavy atom. The Morgan fingerprint density at radius 3 is 1.83 bits per heavy atom. The molecule has 0 fully saturated rings. The Balaban J connectivity index is 1.73. The molecule has 0 aliphatic rings. The third kappa shape index (κ3) is 3.19. The number of pyridine rings is 1. The van der Waals surface area contributed by atoms with Crippen molar-refractivity contribution in [3.63, 3.8) is 0 Å². The Bertz CT molecular complexity index is 896. The molecule has 4 aromatic rings. The molecule has 1 aromatic heterocycles. The average molecular weight is 327 g/mol. The van der Waals surface area contributed by atoms with Gasteiger partial charge in [-0.1, -0.05) is 96.7 Å². The van der Waals surface area contributed by atoms with Gasteiger partial charge in [0.2, 0.25) is 0 Å². The van der Waals surface area contributed by atoms with Gasteiger partial charge in [0, 0.05) is 5.39 Å². The Hall–Kier alpha value is -2.58. The summed E-state index contributed by atoms with van der Waals surface area (Å²) in [5.41, 5.74) is 3.63. The average Bonchev–Trinajstić information content (AvgIpc) is 2.67. The maximum Gasteiger partial charge on any atom is 0.0976 e. The van der Waals surface area contributed by atoms with Gasteiger partial charge < -0.3 is 0 Å². The molecule has 0 spiro atoms. The number of rotatable bonds is 4. The SMILES string of the molecule is c1ccc(C(Sc2ccc3ccccc3n2)c2ccccc2)cc1. The molecule has 4 rings (SSSR count). The second kappa shape index (κ2) is 6.90. The second-order valence-corrected chi connectivity index (χ2v) is 6.79. The summed E-state index contributed by atoms with van der Waals surface area (Å²) in [7, 11) is 0. The van der Waals surface area contributed by atoms with E-state index in [0.29, 0.717) is 0 Å². The highest BCUT2D eigenvalue weighted by Crippen LogP contribution is 2.39. The van der Waals surface area contributed by atoms with Crippen LogP contribution in [0.25, 0.3) is 10.9 Å². The van der Waals surface area contributed by atoms with Gasteiger partial charge >= 0.3 is 0 Å². The third-order valence-electron chi connectivity index (χ3n) is 4.02. The van der Waals surface area contributed by atoms with E-state index < -0.39 is 0 Å². The second-order valence-electron chi connectivity index (χ2n) is 5.66. The first-order valence-corrected chi connectivity index (χ1v) is 8.90. The summed E-state index contributed by atoms with van der Waals surface area (Å²) in [6, 6.07) is 33.8. The molecule has 1 heterocycles. The maximum absolute atomic E-state index is 4.83. The molecule has 0 bridgehead atoms. The first kappa shape index (κ1) is 15.0. The van der Waals surface area contributed by atoms with Crippen LogP contribution in [0.3, 0.4) is 0 Å². The van der Waals surface area contributed by atoms with Gasteiger partial charge in [-0.3, -0.25) is 0 Å². The summed E-state index contributed by atoms with van der Waals surface area (Å²) in [4.78, 5) is 4.83. The fourth-order valence-electron chi connectivity index (χ4n) is 2.82. The molecular formula is C22H17NS. The predicted molar refractivity (Wildman–Crippen MR) is 102 cm³/mol. The number of benzene rings is 3. The van der Waals surface area contributed by atoms with E-state index in [2.05, 4.69) is 84.9 Å². The number of para-hydroxylation sites is 1. The lowest BCUT2D eigenvalue weighted by atomic mass is 10.0. The van der Waals surface area contributed by atoms with E-state index in [0.717, 1.165) is 10.5 Å². The molecule has 116 valence electrons. The lowest BCUT2D eigenvalue weighted by Crippen LogP contribution is -1.97. The van der Waals surface area contributed by atoms with Gasteiger partial charge in [-0.2, -0.15) is 0 Å². The van der Waals surface area contributed by atoms with Crippen molar-refractivity contribution in [2.24, 2.45) is 0 Å². The molecule has 0 aliphatic carbocycles. The van der Waals surface area contributed by atoms with E-state index in [1.54, 1.807) is 11.8 Å². The predicted octanol–water partition coefficient (Wildman–Crippen LogP) is 6.12. The highest BCUT2D eigenvalue weighted by molar-refractivity contribution is 7.99. The molecule has 3 aromatic carbocycles. The van der Waals surface area contributed by atoms with Gasteiger partial charge in [0.25, 0.3) is 0 Å². The fourth-order valence-corrected chi connectivity index (χ4v) is 3.94. The Morgan fingerprint density at radius 2 is 1.17 bits per heavy atom. The van der Waals surface area contributed by atoms with Crippen molar-refractivity contribution in [3.8, 4) is 0 Å². The van der Waals surface area contributed by atoms with Crippen molar-refractivity contribution in [3.05, 3.63) is 108 Å². The molecule has 2 heteroatoms. The number of aromatic nitrogens is 1. The van der Waals surface area contributed by atoms with E-state index in [9.17, 15) is 0 Å². The molecule has 0 N–H and O–H groups in total. The van der Waals surface area contributed by atoms with Crippen LogP contribution in [0.1, 0.15) is 16.4 Å². The van der Waals surface area contributed by atoms with Crippen molar-refractivity contribution >= 4 is 22.7 Å². The lowest BCUT2D eigenvalue weighted by Gasteiger charge is -2.17. The number of thioether (sulfide) groups is 1. The van der Waals surface area contributed by atoms with Crippen molar-refractivity contribution in [1.29, 1.82) is 0 Å². The van der Waals surface area contributed by atoms with Gasteiger partial charge in [0.05, 0.1) is 15.8 Å². The standard InChI is InChI=1S/C22H17NS/c1-3-10-18(11-4-1)22(19-12-5-2-6-13-19)24-21-16-15-17-9-7-8-14-20(17)23-21/h1-16,22H. The van der Waals surface area contributed by atoms with Crippen LogP contribution < -0.4 is 0 Å². The van der Waals surface area contributed by atoms with Crippen LogP contribution in [0, 0.1) is 0 Å². The van der Waals surface area contributed by atoms with Gasteiger partial charge in [-0.15, -0.1) is 0 Å². The summed E-state index contributed by atoms with van der Waals surface area (Å²) in [5, 5.41) is 2.46. The highest BCUT2D eigenvalue weighted by Gasteiger charge is 2.16. The number of nitrogens with zero attached hydrogens (tertiary/aromatic N) is 1. The zero-order valence-corrected chi connectivity index (χ0v) is 14.0. The lowest BCUT2D eigenvalue weighted by molar-refractivity contribution is 1.12. The summed E-state index contributed by atoms with van der Waals surface area (Å²) in [5.74, 6) is 0. The van der Waals surface area contributed by atoms with E-state index in [4.69, 9.17) is 4.98 Å². The maximum atomic E-state index is 4.83. The Kier molecular flexibility index (Phi) is 4.30. The Labute approximate surface area is 146 Å². The van der Waals surface area contributed by atoms with Crippen LogP contribution in [-0.2, 0) is 0 Å². The zero-order chi connectivity index (χ0) is 16.2. The minimum Gasteiger partial charge on any atom is -0.241 e. The third-order valence-corrected chi connectivity index (χ3v) is 5.27. The molecule has 0 saturated heterocycles. The molecular weight excluding hydrogens is 310 g/mol. The van der Waals surface area contributed by atoms with Gasteiger partial charge in [0.15, 0.2) is 0 Å². The number of hydrogen-bond donors (Lipinski definition) is 0. The molecule has 24 heavy (non-hydrogen) atoms. The molecule has 0 radical (unpaired) electrons. The fraction of sp³-hybridized carbons (Fsp3) is 0.0455. The van der Waals surface area contributed by atoms with Gasteiger partial charge in [0.1, 0.15) is 0 Å². The van der Waals surface area contributed by atoms with E-state index >= 15 is 0 Å². The first-order valence-electron chi connectivity index (χ1n) is 8.02. The van der Waals surface area contributed by atoms with Crippen LogP contribution in [0.5, 0.6) is 0 Å². The molecule has 0 saturated carbocycles. The van der Waals surface area contributed by atoms with Gasteiger partial charge in [-0.05, 0) is 23.3 Å². The molecule has 0 atom stereocenters. The molecule has 0 unspecified atom stereocenters. The topological polar surface area (TPSA) is 12.9 Å². The normalized spacial score (nSPS) is 11.0. The summed E-state index contributed by atoms with van der Waals surface area (Å²) in [6.45, 7) is 0. The molecule has 0 amide bonds. The number of hydrogen-bond acceptors (Lipinski definition) is 2. The summed E-state index contributed by atoms with van der Waals surface area (Å²) < 4.78 is 0. The minimum atomic E-state index is 0.237. The van der Waals surface area contributed by atoms with Crippen molar-refractivity contribution < 1.29 is 0 Å². The van der Waals surface area contributed by atoms with E-state index in [-0.39, 0.29) is 5.25 Å².